The van der Waals surface area contributed by atoms with Gasteiger partial charge in [0.25, 0.3) is 5.91 Å². The molecule has 1 heterocycles. The molecule has 2 rings (SSSR count). The number of ether oxygens (including phenoxy) is 1. The smallest absolute Gasteiger partial charge is 0.449 e. The topological polar surface area (TPSA) is 68.5 Å². The standard InChI is InChI=1S/C15H12F3NO4/c1-2-22-11-6-4-3-5-9(11)13(20)19-10-7-8-12(15(16,17)18)23-14(10)21/h3-8H,2H2,1H3,(H,19,20). The van der Waals surface area contributed by atoms with Crippen molar-refractivity contribution in [3.63, 3.8) is 0 Å². The van der Waals surface area contributed by atoms with Crippen LogP contribution in [-0.4, -0.2) is 12.5 Å². The van der Waals surface area contributed by atoms with Crippen molar-refractivity contribution in [3.05, 3.63) is 58.1 Å². The van der Waals surface area contributed by atoms with Crippen molar-refractivity contribution < 1.29 is 27.1 Å². The van der Waals surface area contributed by atoms with Crippen molar-refractivity contribution in [3.8, 4) is 5.75 Å². The molecule has 23 heavy (non-hydrogen) atoms. The lowest BCUT2D eigenvalue weighted by molar-refractivity contribution is -0.154. The third-order valence-electron chi connectivity index (χ3n) is 2.78. The maximum absolute atomic E-state index is 12.4. The molecule has 2 aromatic rings. The highest BCUT2D eigenvalue weighted by Crippen LogP contribution is 2.28. The molecule has 1 amide bonds. The Morgan fingerprint density at radius 2 is 1.91 bits per heavy atom. The summed E-state index contributed by atoms with van der Waals surface area (Å²) in [6.45, 7) is 2.06. The number of hydrogen-bond acceptors (Lipinski definition) is 4. The Bertz CT molecular complexity index is 768. The first kappa shape index (κ1) is 16.6. The van der Waals surface area contributed by atoms with Gasteiger partial charge in [-0.1, -0.05) is 12.1 Å². The van der Waals surface area contributed by atoms with Gasteiger partial charge in [-0.2, -0.15) is 13.2 Å². The molecule has 0 bridgehead atoms. The van der Waals surface area contributed by atoms with Crippen LogP contribution in [0.1, 0.15) is 23.0 Å². The van der Waals surface area contributed by atoms with E-state index in [2.05, 4.69) is 9.73 Å². The summed E-state index contributed by atoms with van der Waals surface area (Å²) < 4.78 is 46.7. The molecule has 0 saturated heterocycles. The summed E-state index contributed by atoms with van der Waals surface area (Å²) in [5.74, 6) is -1.83. The Labute approximate surface area is 128 Å². The SMILES string of the molecule is CCOc1ccccc1C(=O)Nc1ccc(C(F)(F)F)oc1=O. The highest BCUT2D eigenvalue weighted by molar-refractivity contribution is 6.06. The van der Waals surface area contributed by atoms with Gasteiger partial charge in [-0.3, -0.25) is 4.79 Å². The van der Waals surface area contributed by atoms with Gasteiger partial charge in [-0.05, 0) is 31.2 Å². The highest BCUT2D eigenvalue weighted by atomic mass is 19.4. The van der Waals surface area contributed by atoms with Crippen molar-refractivity contribution in [2.45, 2.75) is 13.1 Å². The minimum atomic E-state index is -4.77. The van der Waals surface area contributed by atoms with Crippen molar-refractivity contribution in [2.75, 3.05) is 11.9 Å². The third-order valence-corrected chi connectivity index (χ3v) is 2.78. The lowest BCUT2D eigenvalue weighted by atomic mass is 10.2. The second-order valence-electron chi connectivity index (χ2n) is 4.38. The number of carbonyl (C=O) groups is 1. The van der Waals surface area contributed by atoms with Crippen LogP contribution in [0.15, 0.2) is 45.6 Å². The van der Waals surface area contributed by atoms with Crippen LogP contribution in [-0.2, 0) is 6.18 Å². The van der Waals surface area contributed by atoms with Gasteiger partial charge in [0.05, 0.1) is 12.2 Å². The summed E-state index contributed by atoms with van der Waals surface area (Å²) in [5, 5.41) is 2.21. The lowest BCUT2D eigenvalue weighted by Crippen LogP contribution is -2.20. The molecule has 5 nitrogen and oxygen atoms in total. The number of rotatable bonds is 4. The molecule has 0 aliphatic rings. The second kappa shape index (κ2) is 6.55. The molecule has 0 aliphatic carbocycles. The number of carbonyl (C=O) groups excluding carboxylic acids is 1. The summed E-state index contributed by atoms with van der Waals surface area (Å²) in [5.41, 5.74) is -1.54. The molecule has 0 spiro atoms. The molecule has 0 fully saturated rings. The Morgan fingerprint density at radius 3 is 2.52 bits per heavy atom. The van der Waals surface area contributed by atoms with E-state index >= 15 is 0 Å². The van der Waals surface area contributed by atoms with Crippen LogP contribution >= 0.6 is 0 Å². The predicted molar refractivity (Wildman–Crippen MR) is 75.5 cm³/mol. The van der Waals surface area contributed by atoms with E-state index in [0.29, 0.717) is 18.4 Å². The molecule has 1 aromatic carbocycles. The highest BCUT2D eigenvalue weighted by Gasteiger charge is 2.34. The van der Waals surface area contributed by atoms with Crippen molar-refractivity contribution in [1.82, 2.24) is 0 Å². The van der Waals surface area contributed by atoms with Gasteiger partial charge in [0, 0.05) is 0 Å². The quantitative estimate of drug-likeness (QED) is 0.935. The number of halogens is 3. The normalized spacial score (nSPS) is 11.1. The summed E-state index contributed by atoms with van der Waals surface area (Å²) in [7, 11) is 0. The van der Waals surface area contributed by atoms with Crippen LogP contribution in [0.3, 0.4) is 0 Å². The third kappa shape index (κ3) is 3.91. The van der Waals surface area contributed by atoms with Gasteiger partial charge in [0.15, 0.2) is 0 Å². The molecule has 122 valence electrons. The molecule has 0 atom stereocenters. The Morgan fingerprint density at radius 1 is 1.22 bits per heavy atom. The summed E-state index contributed by atoms with van der Waals surface area (Å²) in [4.78, 5) is 23.7. The van der Waals surface area contributed by atoms with Crippen molar-refractivity contribution in [2.24, 2.45) is 0 Å². The fourth-order valence-corrected chi connectivity index (χ4v) is 1.79. The Balaban J connectivity index is 2.26. The van der Waals surface area contributed by atoms with Gasteiger partial charge in [-0.25, -0.2) is 4.79 Å². The number of amides is 1. The van der Waals surface area contributed by atoms with E-state index in [9.17, 15) is 22.8 Å². The maximum Gasteiger partial charge on any atom is 0.449 e. The van der Waals surface area contributed by atoms with Crippen LogP contribution in [0.4, 0.5) is 18.9 Å². The number of para-hydroxylation sites is 1. The zero-order valence-corrected chi connectivity index (χ0v) is 11.9. The van der Waals surface area contributed by atoms with E-state index in [1.807, 2.05) is 0 Å². The molecule has 0 radical (unpaired) electrons. The monoisotopic (exact) mass is 327 g/mol. The predicted octanol–water partition coefficient (Wildman–Crippen LogP) is 3.31. The molecule has 0 aliphatic heterocycles. The van der Waals surface area contributed by atoms with Gasteiger partial charge in [0.1, 0.15) is 11.4 Å². The largest absolute Gasteiger partial charge is 0.493 e. The van der Waals surface area contributed by atoms with E-state index in [0.717, 1.165) is 6.07 Å². The van der Waals surface area contributed by atoms with Crippen LogP contribution in [0.2, 0.25) is 0 Å². The fourth-order valence-electron chi connectivity index (χ4n) is 1.79. The molecular formula is C15H12F3NO4. The Hall–Kier alpha value is -2.77. The first-order valence-electron chi connectivity index (χ1n) is 6.57. The van der Waals surface area contributed by atoms with Crippen LogP contribution < -0.4 is 15.7 Å². The first-order valence-corrected chi connectivity index (χ1v) is 6.57. The van der Waals surface area contributed by atoms with Gasteiger partial charge in [-0.15, -0.1) is 0 Å². The van der Waals surface area contributed by atoms with E-state index < -0.39 is 29.2 Å². The van der Waals surface area contributed by atoms with Crippen LogP contribution in [0.5, 0.6) is 5.75 Å². The van der Waals surface area contributed by atoms with E-state index in [1.54, 1.807) is 25.1 Å². The van der Waals surface area contributed by atoms with Crippen LogP contribution in [0.25, 0.3) is 0 Å². The van der Waals surface area contributed by atoms with Gasteiger partial charge >= 0.3 is 11.8 Å². The molecule has 0 unspecified atom stereocenters. The summed E-state index contributed by atoms with van der Waals surface area (Å²) in [6, 6.07) is 7.70. The lowest BCUT2D eigenvalue weighted by Gasteiger charge is -2.10. The average Bonchev–Trinajstić information content (AvgIpc) is 2.49. The zero-order chi connectivity index (χ0) is 17.0. The molecule has 1 N–H and O–H groups in total. The minimum Gasteiger partial charge on any atom is -0.493 e. The Kier molecular flexibility index (Phi) is 4.73. The van der Waals surface area contributed by atoms with E-state index in [1.165, 1.54) is 6.07 Å². The zero-order valence-electron chi connectivity index (χ0n) is 11.9. The van der Waals surface area contributed by atoms with Crippen LogP contribution in [0, 0.1) is 0 Å². The second-order valence-corrected chi connectivity index (χ2v) is 4.38. The number of benzene rings is 1. The maximum atomic E-state index is 12.4. The molecule has 0 saturated carbocycles. The van der Waals surface area contributed by atoms with E-state index in [-0.39, 0.29) is 5.56 Å². The summed E-state index contributed by atoms with van der Waals surface area (Å²) >= 11 is 0. The number of anilines is 1. The first-order chi connectivity index (χ1) is 10.8. The molecule has 1 aromatic heterocycles. The fraction of sp³-hybridized carbons (Fsp3) is 0.200. The van der Waals surface area contributed by atoms with Crippen molar-refractivity contribution >= 4 is 11.6 Å². The van der Waals surface area contributed by atoms with E-state index in [4.69, 9.17) is 4.74 Å². The number of nitrogens with one attached hydrogen (secondary N) is 1. The molecular weight excluding hydrogens is 315 g/mol. The van der Waals surface area contributed by atoms with Crippen molar-refractivity contribution in [1.29, 1.82) is 0 Å². The molecule has 8 heteroatoms. The number of hydrogen-bond donors (Lipinski definition) is 1. The minimum absolute atomic E-state index is 0.147. The average molecular weight is 327 g/mol. The number of alkyl halides is 3. The summed E-state index contributed by atoms with van der Waals surface area (Å²) in [6.07, 6.45) is -4.77. The van der Waals surface area contributed by atoms with Gasteiger partial charge in [0.2, 0.25) is 5.76 Å². The van der Waals surface area contributed by atoms with Gasteiger partial charge < -0.3 is 14.5 Å².